The molecule has 2 unspecified atom stereocenters. The van der Waals surface area contributed by atoms with Crippen molar-refractivity contribution in [2.75, 3.05) is 6.61 Å². The number of nitrogens with zero attached hydrogens (tertiary/aromatic N) is 1. The lowest BCUT2D eigenvalue weighted by molar-refractivity contribution is -0.126. The third-order valence-electron chi connectivity index (χ3n) is 5.55. The lowest BCUT2D eigenvalue weighted by atomic mass is 9.76. The van der Waals surface area contributed by atoms with Crippen LogP contribution < -0.4 is 15.4 Å². The van der Waals surface area contributed by atoms with E-state index >= 15 is 0 Å². The number of carbonyl (C=O) groups excluding carboxylic acids is 2. The lowest BCUT2D eigenvalue weighted by Gasteiger charge is -2.25. The monoisotopic (exact) mass is 493 g/mol. The van der Waals surface area contributed by atoms with Crippen molar-refractivity contribution in [2.45, 2.75) is 58.4 Å². The van der Waals surface area contributed by atoms with Crippen molar-refractivity contribution in [3.63, 3.8) is 0 Å². The van der Waals surface area contributed by atoms with Gasteiger partial charge in [0.25, 0.3) is 0 Å². The molecular formula is C27H36BN3O5. The molecule has 0 bridgehead atoms. The summed E-state index contributed by atoms with van der Waals surface area (Å²) >= 11 is 0. The van der Waals surface area contributed by atoms with E-state index in [0.29, 0.717) is 18.6 Å². The maximum absolute atomic E-state index is 12.5. The van der Waals surface area contributed by atoms with Gasteiger partial charge < -0.3 is 25.4 Å². The molecule has 192 valence electrons. The van der Waals surface area contributed by atoms with Crippen LogP contribution in [0.2, 0.25) is 0 Å². The summed E-state index contributed by atoms with van der Waals surface area (Å²) in [5.41, 5.74) is 1.38. The minimum absolute atomic E-state index is 0.0438. The summed E-state index contributed by atoms with van der Waals surface area (Å²) in [6, 6.07) is 18.7. The van der Waals surface area contributed by atoms with Crippen molar-refractivity contribution in [1.82, 2.24) is 10.6 Å². The zero-order chi connectivity index (χ0) is 26.7. The molecule has 0 saturated carbocycles. The Morgan fingerprint density at radius 2 is 1.72 bits per heavy atom. The number of carbonyl (C=O) groups is 2. The van der Waals surface area contributed by atoms with E-state index in [1.165, 1.54) is 0 Å². The Labute approximate surface area is 213 Å². The van der Waals surface area contributed by atoms with Gasteiger partial charge in [0.1, 0.15) is 11.7 Å². The van der Waals surface area contributed by atoms with Crippen molar-refractivity contribution in [3.05, 3.63) is 65.7 Å². The Balaban J connectivity index is 1.87. The van der Waals surface area contributed by atoms with Crippen molar-refractivity contribution < 1.29 is 24.4 Å². The second-order valence-electron chi connectivity index (χ2n) is 10.1. The summed E-state index contributed by atoms with van der Waals surface area (Å²) in [4.78, 5) is 24.8. The number of nitriles is 1. The smallest absolute Gasteiger partial charge is 0.475 e. The van der Waals surface area contributed by atoms with Gasteiger partial charge in [-0.25, -0.2) is 0 Å². The van der Waals surface area contributed by atoms with Crippen LogP contribution >= 0.6 is 0 Å². The van der Waals surface area contributed by atoms with E-state index < -0.39 is 24.5 Å². The molecule has 2 aromatic rings. The molecule has 0 aromatic heterocycles. The molecule has 0 heterocycles. The Bertz CT molecular complexity index is 1030. The Kier molecular flexibility index (Phi) is 11.0. The van der Waals surface area contributed by atoms with E-state index in [4.69, 9.17) is 4.74 Å². The third-order valence-corrected chi connectivity index (χ3v) is 5.55. The van der Waals surface area contributed by atoms with E-state index in [2.05, 4.69) is 16.7 Å². The first-order valence-electron chi connectivity index (χ1n) is 12.1. The maximum Gasteiger partial charge on any atom is 0.475 e. The average molecular weight is 493 g/mol. The van der Waals surface area contributed by atoms with E-state index in [9.17, 15) is 24.9 Å². The SMILES string of the molecule is CC(Cc1cccc(OCCC(=O)N[C@@H](Cc2ccccc2)B(O)O)c1)C(C#N)C(=O)NC(C)(C)C. The molecule has 0 saturated heterocycles. The lowest BCUT2D eigenvalue weighted by Crippen LogP contribution is -2.48. The van der Waals surface area contributed by atoms with Crippen molar-refractivity contribution in [2.24, 2.45) is 11.8 Å². The first-order valence-corrected chi connectivity index (χ1v) is 12.1. The molecule has 0 radical (unpaired) electrons. The summed E-state index contributed by atoms with van der Waals surface area (Å²) in [5, 5.41) is 34.3. The molecule has 0 aliphatic carbocycles. The zero-order valence-electron chi connectivity index (χ0n) is 21.4. The van der Waals surface area contributed by atoms with Gasteiger partial charge in [-0.05, 0) is 62.8 Å². The molecule has 2 aromatic carbocycles. The van der Waals surface area contributed by atoms with E-state index in [0.717, 1.165) is 11.1 Å². The predicted octanol–water partition coefficient (Wildman–Crippen LogP) is 2.43. The molecule has 0 aliphatic heterocycles. The van der Waals surface area contributed by atoms with Gasteiger partial charge in [-0.2, -0.15) is 5.26 Å². The second kappa shape index (κ2) is 13.7. The molecule has 3 atom stereocenters. The van der Waals surface area contributed by atoms with Crippen LogP contribution in [0.4, 0.5) is 0 Å². The first-order chi connectivity index (χ1) is 17.0. The van der Waals surface area contributed by atoms with Crippen LogP contribution in [0.25, 0.3) is 0 Å². The molecule has 2 amide bonds. The number of hydrogen-bond acceptors (Lipinski definition) is 6. The van der Waals surface area contributed by atoms with Crippen molar-refractivity contribution in [3.8, 4) is 11.8 Å². The van der Waals surface area contributed by atoms with E-state index in [1.807, 2.05) is 76.2 Å². The highest BCUT2D eigenvalue weighted by Gasteiger charge is 2.28. The first kappa shape index (κ1) is 28.9. The number of hydrogen-bond donors (Lipinski definition) is 4. The van der Waals surface area contributed by atoms with Crippen LogP contribution in [0, 0.1) is 23.2 Å². The summed E-state index contributed by atoms with van der Waals surface area (Å²) in [6.45, 7) is 7.61. The van der Waals surface area contributed by atoms with Gasteiger partial charge >= 0.3 is 7.12 Å². The number of rotatable bonds is 12. The fourth-order valence-corrected chi connectivity index (χ4v) is 3.78. The topological polar surface area (TPSA) is 132 Å². The Morgan fingerprint density at radius 3 is 2.33 bits per heavy atom. The van der Waals surface area contributed by atoms with Gasteiger partial charge in [-0.3, -0.25) is 9.59 Å². The maximum atomic E-state index is 12.5. The van der Waals surface area contributed by atoms with Crippen LogP contribution in [0.3, 0.4) is 0 Å². The average Bonchev–Trinajstić information content (AvgIpc) is 2.79. The minimum atomic E-state index is -1.68. The number of ether oxygens (including phenoxy) is 1. The molecule has 0 spiro atoms. The molecule has 2 rings (SSSR count). The van der Waals surface area contributed by atoms with Crippen molar-refractivity contribution in [1.29, 1.82) is 5.26 Å². The number of nitrogens with one attached hydrogen (secondary N) is 2. The molecule has 9 heteroatoms. The standard InChI is InChI=1S/C27H36BN3O5/c1-19(23(18-29)26(33)31-27(2,3)4)15-21-11-8-12-22(16-21)36-14-13-25(32)30-24(28(34)35)17-20-9-6-5-7-10-20/h5-12,16,19,23-24,34-35H,13-15,17H2,1-4H3,(H,30,32)(H,31,33)/t19?,23?,24-/m0/s1. The Hall–Kier alpha value is -3.35. The number of amides is 2. The van der Waals surface area contributed by atoms with Gasteiger partial charge in [0.05, 0.1) is 25.0 Å². The van der Waals surface area contributed by atoms with Crippen LogP contribution in [0.1, 0.15) is 45.2 Å². The predicted molar refractivity (Wildman–Crippen MR) is 139 cm³/mol. The third kappa shape index (κ3) is 10.1. The van der Waals surface area contributed by atoms with Gasteiger partial charge in [-0.15, -0.1) is 0 Å². The van der Waals surface area contributed by atoms with Crippen LogP contribution in [-0.2, 0) is 22.4 Å². The van der Waals surface area contributed by atoms with Crippen LogP contribution in [-0.4, -0.2) is 47.1 Å². The molecule has 4 N–H and O–H groups in total. The fourth-order valence-electron chi connectivity index (χ4n) is 3.78. The van der Waals surface area contributed by atoms with Gasteiger partial charge in [0, 0.05) is 5.54 Å². The fraction of sp³-hybridized carbons (Fsp3) is 0.444. The summed E-state index contributed by atoms with van der Waals surface area (Å²) in [6.07, 6.45) is 0.855. The van der Waals surface area contributed by atoms with Gasteiger partial charge in [0.2, 0.25) is 11.8 Å². The molecule has 36 heavy (non-hydrogen) atoms. The quantitative estimate of drug-likeness (QED) is 0.336. The molecule has 0 fully saturated rings. The Morgan fingerprint density at radius 1 is 1.06 bits per heavy atom. The highest BCUT2D eigenvalue weighted by molar-refractivity contribution is 6.43. The molecular weight excluding hydrogens is 457 g/mol. The van der Waals surface area contributed by atoms with Crippen molar-refractivity contribution >= 4 is 18.9 Å². The summed E-state index contributed by atoms with van der Waals surface area (Å²) in [7, 11) is -1.68. The molecule has 0 aliphatic rings. The minimum Gasteiger partial charge on any atom is -0.493 e. The second-order valence-corrected chi connectivity index (χ2v) is 10.1. The van der Waals surface area contributed by atoms with Crippen LogP contribution in [0.5, 0.6) is 5.75 Å². The van der Waals surface area contributed by atoms with Gasteiger partial charge in [-0.1, -0.05) is 49.4 Å². The summed E-state index contributed by atoms with van der Waals surface area (Å²) in [5.74, 6) is -1.87. The van der Waals surface area contributed by atoms with Gasteiger partial charge in [0.15, 0.2) is 0 Å². The largest absolute Gasteiger partial charge is 0.493 e. The highest BCUT2D eigenvalue weighted by Crippen LogP contribution is 2.21. The highest BCUT2D eigenvalue weighted by atomic mass is 16.5. The summed E-state index contributed by atoms with van der Waals surface area (Å²) < 4.78 is 5.73. The van der Waals surface area contributed by atoms with E-state index in [-0.39, 0.29) is 30.8 Å². The van der Waals surface area contributed by atoms with Crippen LogP contribution in [0.15, 0.2) is 54.6 Å². The molecule has 8 nitrogen and oxygen atoms in total. The zero-order valence-corrected chi connectivity index (χ0v) is 21.4. The number of benzene rings is 2. The normalized spacial score (nSPS) is 13.6. The van der Waals surface area contributed by atoms with E-state index in [1.54, 1.807) is 6.07 Å².